The van der Waals surface area contributed by atoms with E-state index in [2.05, 4.69) is 75.0 Å². The van der Waals surface area contributed by atoms with E-state index in [4.69, 9.17) is 0 Å². The van der Waals surface area contributed by atoms with Crippen molar-refractivity contribution in [2.45, 2.75) is 79.6 Å². The number of rotatable bonds is 4. The monoisotopic (exact) mass is 340 g/mol. The molecule has 0 bridgehead atoms. The summed E-state index contributed by atoms with van der Waals surface area (Å²) in [5.41, 5.74) is 0. The molecule has 0 aromatic carbocycles. The Morgan fingerprint density at radius 2 is 0.458 bits per heavy atom. The van der Waals surface area contributed by atoms with Crippen LogP contribution in [0.5, 0.6) is 0 Å². The Morgan fingerprint density at radius 1 is 0.333 bits per heavy atom. The maximum Gasteiger partial charge on any atom is 0.0113 e. The maximum atomic E-state index is 2.66. The van der Waals surface area contributed by atoms with Gasteiger partial charge in [-0.1, -0.05) is 0 Å². The van der Waals surface area contributed by atoms with Crippen molar-refractivity contribution >= 4 is 0 Å². The zero-order valence-corrected chi connectivity index (χ0v) is 17.8. The molecule has 0 radical (unpaired) electrons. The molecule has 144 valence electrons. The second-order valence-corrected chi connectivity index (χ2v) is 8.52. The molecule has 1 heterocycles. The van der Waals surface area contributed by atoms with Crippen LogP contribution in [0.1, 0.15) is 55.4 Å². The van der Waals surface area contributed by atoms with Crippen LogP contribution in [-0.2, 0) is 0 Å². The van der Waals surface area contributed by atoms with Crippen molar-refractivity contribution in [2.75, 3.05) is 52.4 Å². The Kier molecular flexibility index (Phi) is 9.80. The van der Waals surface area contributed by atoms with Crippen LogP contribution in [-0.4, -0.2) is 96.1 Å². The van der Waals surface area contributed by atoms with Crippen molar-refractivity contribution in [3.05, 3.63) is 0 Å². The topological polar surface area (TPSA) is 13.0 Å². The Hall–Kier alpha value is -0.160. The predicted molar refractivity (Wildman–Crippen MR) is 107 cm³/mol. The molecule has 0 aliphatic carbocycles. The van der Waals surface area contributed by atoms with Gasteiger partial charge in [-0.05, 0) is 55.4 Å². The van der Waals surface area contributed by atoms with Crippen molar-refractivity contribution in [3.63, 3.8) is 0 Å². The van der Waals surface area contributed by atoms with Gasteiger partial charge in [0.1, 0.15) is 0 Å². The highest BCUT2D eigenvalue weighted by Gasteiger charge is 2.20. The molecule has 0 saturated carbocycles. The lowest BCUT2D eigenvalue weighted by atomic mass is 10.2. The lowest BCUT2D eigenvalue weighted by molar-refractivity contribution is 0.0887. The van der Waals surface area contributed by atoms with Gasteiger partial charge in [-0.3, -0.25) is 19.6 Å². The van der Waals surface area contributed by atoms with Crippen LogP contribution in [0.3, 0.4) is 0 Å². The van der Waals surface area contributed by atoms with Crippen LogP contribution in [0.15, 0.2) is 0 Å². The minimum Gasteiger partial charge on any atom is -0.298 e. The average Bonchev–Trinajstić information content (AvgIpc) is 2.46. The molecule has 24 heavy (non-hydrogen) atoms. The van der Waals surface area contributed by atoms with E-state index in [1.807, 2.05) is 0 Å². The molecule has 0 atom stereocenters. The maximum absolute atomic E-state index is 2.66. The van der Waals surface area contributed by atoms with Gasteiger partial charge in [0.05, 0.1) is 0 Å². The highest BCUT2D eigenvalue weighted by Crippen LogP contribution is 2.09. The van der Waals surface area contributed by atoms with Crippen LogP contribution in [0.2, 0.25) is 0 Å². The van der Waals surface area contributed by atoms with Crippen LogP contribution in [0, 0.1) is 0 Å². The van der Waals surface area contributed by atoms with Gasteiger partial charge in [-0.15, -0.1) is 0 Å². The zero-order valence-electron chi connectivity index (χ0n) is 17.8. The van der Waals surface area contributed by atoms with E-state index < -0.39 is 0 Å². The number of hydrogen-bond acceptors (Lipinski definition) is 4. The van der Waals surface area contributed by atoms with E-state index in [9.17, 15) is 0 Å². The molecule has 0 aromatic heterocycles. The Labute approximate surface area is 152 Å². The molecule has 1 aliphatic rings. The second kappa shape index (κ2) is 10.7. The minimum absolute atomic E-state index is 0.628. The van der Waals surface area contributed by atoms with Gasteiger partial charge in [0.2, 0.25) is 0 Å². The molecule has 0 amide bonds. The van der Waals surface area contributed by atoms with Crippen LogP contribution >= 0.6 is 0 Å². The van der Waals surface area contributed by atoms with E-state index >= 15 is 0 Å². The van der Waals surface area contributed by atoms with E-state index in [0.717, 1.165) is 0 Å². The predicted octanol–water partition coefficient (Wildman–Crippen LogP) is 2.84. The third kappa shape index (κ3) is 7.38. The summed E-state index contributed by atoms with van der Waals surface area (Å²) in [4.78, 5) is 10.6. The first-order chi connectivity index (χ1) is 11.2. The van der Waals surface area contributed by atoms with Gasteiger partial charge in [0.15, 0.2) is 0 Å². The minimum atomic E-state index is 0.628. The molecular weight excluding hydrogens is 296 g/mol. The van der Waals surface area contributed by atoms with Gasteiger partial charge >= 0.3 is 0 Å². The van der Waals surface area contributed by atoms with Crippen molar-refractivity contribution in [2.24, 2.45) is 0 Å². The summed E-state index contributed by atoms with van der Waals surface area (Å²) in [6.45, 7) is 28.2. The SMILES string of the molecule is CC(C)N1CCN(C(C)C)CCN(C(C)C)CCN(C(C)C)CC1. The summed E-state index contributed by atoms with van der Waals surface area (Å²) in [6, 6.07) is 2.51. The van der Waals surface area contributed by atoms with E-state index in [1.165, 1.54) is 52.4 Å². The first-order valence-electron chi connectivity index (χ1n) is 10.2. The van der Waals surface area contributed by atoms with Gasteiger partial charge in [0, 0.05) is 76.5 Å². The van der Waals surface area contributed by atoms with Crippen molar-refractivity contribution in [1.82, 2.24) is 19.6 Å². The summed E-state index contributed by atoms with van der Waals surface area (Å²) < 4.78 is 0. The largest absolute Gasteiger partial charge is 0.298 e. The molecular formula is C20H44N4. The van der Waals surface area contributed by atoms with E-state index in [0.29, 0.717) is 24.2 Å². The van der Waals surface area contributed by atoms with Crippen LogP contribution < -0.4 is 0 Å². The quantitative estimate of drug-likeness (QED) is 0.780. The second-order valence-electron chi connectivity index (χ2n) is 8.52. The fourth-order valence-electron chi connectivity index (χ4n) is 3.54. The standard InChI is InChI=1S/C20H44N4/c1-17(2)21-9-11-22(18(3)4)13-15-24(20(7)8)16-14-23(12-10-21)19(5)6/h17-20H,9-16H2,1-8H3. The molecule has 1 fully saturated rings. The lowest BCUT2D eigenvalue weighted by Gasteiger charge is -2.38. The van der Waals surface area contributed by atoms with Gasteiger partial charge < -0.3 is 0 Å². The lowest BCUT2D eigenvalue weighted by Crippen LogP contribution is -2.50. The first-order valence-corrected chi connectivity index (χ1v) is 10.2. The summed E-state index contributed by atoms with van der Waals surface area (Å²) in [6.07, 6.45) is 0. The van der Waals surface area contributed by atoms with Gasteiger partial charge in [-0.2, -0.15) is 0 Å². The average molecular weight is 341 g/mol. The molecule has 4 nitrogen and oxygen atoms in total. The highest BCUT2D eigenvalue weighted by atomic mass is 15.3. The molecule has 4 heteroatoms. The van der Waals surface area contributed by atoms with Crippen LogP contribution in [0.4, 0.5) is 0 Å². The first kappa shape index (κ1) is 21.9. The fourth-order valence-corrected chi connectivity index (χ4v) is 3.54. The summed E-state index contributed by atoms with van der Waals surface area (Å²) >= 11 is 0. The van der Waals surface area contributed by atoms with Crippen LogP contribution in [0.25, 0.3) is 0 Å². The van der Waals surface area contributed by atoms with Gasteiger partial charge in [0.25, 0.3) is 0 Å². The van der Waals surface area contributed by atoms with E-state index in [1.54, 1.807) is 0 Å². The number of nitrogens with zero attached hydrogens (tertiary/aromatic N) is 4. The fraction of sp³-hybridized carbons (Fsp3) is 1.00. The molecule has 0 N–H and O–H groups in total. The Bertz CT molecular complexity index is 248. The van der Waals surface area contributed by atoms with Crippen molar-refractivity contribution in [1.29, 1.82) is 0 Å². The van der Waals surface area contributed by atoms with Gasteiger partial charge in [-0.25, -0.2) is 0 Å². The molecule has 0 spiro atoms. The van der Waals surface area contributed by atoms with Crippen molar-refractivity contribution < 1.29 is 0 Å². The molecule has 1 aliphatic heterocycles. The normalized spacial score (nSPS) is 22.5. The summed E-state index contributed by atoms with van der Waals surface area (Å²) in [7, 11) is 0. The molecule has 0 unspecified atom stereocenters. The molecule has 1 rings (SSSR count). The summed E-state index contributed by atoms with van der Waals surface area (Å²) in [5.74, 6) is 0. The Balaban J connectivity index is 2.84. The number of hydrogen-bond donors (Lipinski definition) is 0. The highest BCUT2D eigenvalue weighted by molar-refractivity contribution is 4.76. The van der Waals surface area contributed by atoms with E-state index in [-0.39, 0.29) is 0 Å². The summed E-state index contributed by atoms with van der Waals surface area (Å²) in [5, 5.41) is 0. The smallest absolute Gasteiger partial charge is 0.0113 e. The third-order valence-electron chi connectivity index (χ3n) is 5.62. The molecule has 1 saturated heterocycles. The van der Waals surface area contributed by atoms with Crippen molar-refractivity contribution in [3.8, 4) is 0 Å². The zero-order chi connectivity index (χ0) is 18.3. The molecule has 0 aromatic rings. The Morgan fingerprint density at radius 3 is 0.542 bits per heavy atom. The third-order valence-corrected chi connectivity index (χ3v) is 5.62.